The van der Waals surface area contributed by atoms with Crippen LogP contribution in [-0.4, -0.2) is 16.5 Å². The van der Waals surface area contributed by atoms with E-state index in [-0.39, 0.29) is 0 Å². The fourth-order valence-corrected chi connectivity index (χ4v) is 1.50. The van der Waals surface area contributed by atoms with Gasteiger partial charge in [-0.05, 0) is 0 Å². The number of aliphatic hydroxyl groups excluding tert-OH is 1. The van der Waals surface area contributed by atoms with Gasteiger partial charge in [0.1, 0.15) is 5.75 Å². The predicted molar refractivity (Wildman–Crippen MR) is 51.4 cm³/mol. The molecule has 0 spiro atoms. The van der Waals surface area contributed by atoms with Crippen molar-refractivity contribution in [2.45, 2.75) is 25.0 Å². The molecule has 10 heteroatoms. The lowest BCUT2D eigenvalue weighted by atomic mass is 10.1. The summed E-state index contributed by atoms with van der Waals surface area (Å²) in [5.41, 5.74) is -3.16. The van der Waals surface area contributed by atoms with Gasteiger partial charge in [0.05, 0.1) is 18.1 Å². The van der Waals surface area contributed by atoms with E-state index >= 15 is 0 Å². The molecule has 0 aliphatic carbocycles. The van der Waals surface area contributed by atoms with Crippen LogP contribution in [0.15, 0.2) is 6.20 Å². The van der Waals surface area contributed by atoms with E-state index in [9.17, 15) is 26.3 Å². The van der Waals surface area contributed by atoms with Gasteiger partial charge >= 0.3 is 12.5 Å². The molecule has 3 nitrogen and oxygen atoms in total. The van der Waals surface area contributed by atoms with Crippen LogP contribution in [0.2, 0.25) is 0 Å². The molecule has 1 rings (SSSR count). The number of hydrogen-bond acceptors (Lipinski definition) is 3. The highest BCUT2D eigenvalue weighted by Crippen LogP contribution is 2.38. The minimum absolute atomic E-state index is 0.406. The third-order valence-corrected chi connectivity index (χ3v) is 2.28. The van der Waals surface area contributed by atoms with Crippen molar-refractivity contribution in [3.8, 4) is 5.75 Å². The van der Waals surface area contributed by atoms with E-state index in [4.69, 9.17) is 16.7 Å². The average Bonchev–Trinajstić information content (AvgIpc) is 2.25. The Kier molecular flexibility index (Phi) is 4.51. The van der Waals surface area contributed by atoms with E-state index in [0.717, 1.165) is 0 Å². The standard InChI is InChI=1S/C9H6ClF6NO2/c10-1-4-2-17-7(8(11,12)13)5(3-18)6(4)19-9(14,15)16/h2,18H,1,3H2. The van der Waals surface area contributed by atoms with Gasteiger partial charge in [0, 0.05) is 11.8 Å². The van der Waals surface area contributed by atoms with Crippen molar-refractivity contribution in [3.63, 3.8) is 0 Å². The molecule has 0 fully saturated rings. The molecule has 1 aromatic heterocycles. The molecule has 0 amide bonds. The van der Waals surface area contributed by atoms with Crippen molar-refractivity contribution in [3.05, 3.63) is 23.0 Å². The quantitative estimate of drug-likeness (QED) is 0.688. The fourth-order valence-electron chi connectivity index (χ4n) is 1.31. The molecule has 0 bridgehead atoms. The summed E-state index contributed by atoms with van der Waals surface area (Å²) >= 11 is 5.31. The molecule has 0 saturated heterocycles. The Labute approximate surface area is 107 Å². The van der Waals surface area contributed by atoms with E-state index < -0.39 is 47.6 Å². The topological polar surface area (TPSA) is 42.4 Å². The molecule has 0 aliphatic heterocycles. The molecular weight excluding hydrogens is 304 g/mol. The average molecular weight is 310 g/mol. The van der Waals surface area contributed by atoms with Crippen molar-refractivity contribution in [1.29, 1.82) is 0 Å². The minimum atomic E-state index is -5.21. The van der Waals surface area contributed by atoms with E-state index in [0.29, 0.717) is 6.20 Å². The number of aliphatic hydroxyl groups is 1. The molecule has 1 heterocycles. The van der Waals surface area contributed by atoms with Gasteiger partial charge in [-0.25, -0.2) is 0 Å². The summed E-state index contributed by atoms with van der Waals surface area (Å²) < 4.78 is 77.6. The van der Waals surface area contributed by atoms with Crippen molar-refractivity contribution < 1.29 is 36.2 Å². The van der Waals surface area contributed by atoms with E-state index in [2.05, 4.69) is 9.72 Å². The highest BCUT2D eigenvalue weighted by atomic mass is 35.5. The summed E-state index contributed by atoms with van der Waals surface area (Å²) in [6.07, 6.45) is -9.71. The molecule has 19 heavy (non-hydrogen) atoms. The summed E-state index contributed by atoms with van der Waals surface area (Å²) in [6.45, 7) is -1.32. The van der Waals surface area contributed by atoms with Gasteiger partial charge in [-0.1, -0.05) is 0 Å². The summed E-state index contributed by atoms with van der Waals surface area (Å²) in [5.74, 6) is -1.73. The first-order chi connectivity index (χ1) is 8.60. The van der Waals surface area contributed by atoms with Crippen LogP contribution in [0.25, 0.3) is 0 Å². The van der Waals surface area contributed by atoms with Crippen LogP contribution in [-0.2, 0) is 18.7 Å². The Balaban J connectivity index is 3.46. The number of nitrogens with zero attached hydrogens (tertiary/aromatic N) is 1. The van der Waals surface area contributed by atoms with Gasteiger partial charge in [-0.3, -0.25) is 4.98 Å². The lowest BCUT2D eigenvalue weighted by Crippen LogP contribution is -2.22. The van der Waals surface area contributed by atoms with E-state index in [1.807, 2.05) is 0 Å². The Bertz CT molecular complexity index is 459. The van der Waals surface area contributed by atoms with Gasteiger partial charge in [-0.15, -0.1) is 24.8 Å². The zero-order chi connectivity index (χ0) is 14.8. The van der Waals surface area contributed by atoms with Gasteiger partial charge in [0.25, 0.3) is 0 Å². The maximum Gasteiger partial charge on any atom is 0.573 e. The van der Waals surface area contributed by atoms with Gasteiger partial charge in [0.15, 0.2) is 5.69 Å². The lowest BCUT2D eigenvalue weighted by molar-refractivity contribution is -0.275. The van der Waals surface area contributed by atoms with Gasteiger partial charge in [-0.2, -0.15) is 13.2 Å². The van der Waals surface area contributed by atoms with Crippen LogP contribution < -0.4 is 4.74 Å². The van der Waals surface area contributed by atoms with Crippen LogP contribution in [0.5, 0.6) is 5.75 Å². The second-order valence-corrected chi connectivity index (χ2v) is 3.54. The second-order valence-electron chi connectivity index (χ2n) is 3.28. The first-order valence-electron chi connectivity index (χ1n) is 4.60. The number of ether oxygens (including phenoxy) is 1. The van der Waals surface area contributed by atoms with E-state index in [1.165, 1.54) is 0 Å². The highest BCUT2D eigenvalue weighted by molar-refractivity contribution is 6.17. The van der Waals surface area contributed by atoms with Crippen LogP contribution in [0, 0.1) is 0 Å². The monoisotopic (exact) mass is 309 g/mol. The molecule has 0 radical (unpaired) electrons. The zero-order valence-electron chi connectivity index (χ0n) is 8.94. The number of hydrogen-bond donors (Lipinski definition) is 1. The van der Waals surface area contributed by atoms with Gasteiger partial charge < -0.3 is 9.84 Å². The zero-order valence-corrected chi connectivity index (χ0v) is 9.70. The number of alkyl halides is 7. The maximum absolute atomic E-state index is 12.5. The summed E-state index contributed by atoms with van der Waals surface area (Å²) in [6, 6.07) is 0. The second kappa shape index (κ2) is 5.41. The molecule has 108 valence electrons. The minimum Gasteiger partial charge on any atom is -0.405 e. The lowest BCUT2D eigenvalue weighted by Gasteiger charge is -2.18. The van der Waals surface area contributed by atoms with Crippen LogP contribution in [0.1, 0.15) is 16.8 Å². The summed E-state index contributed by atoms with van der Waals surface area (Å²) in [5, 5.41) is 8.85. The van der Waals surface area contributed by atoms with E-state index in [1.54, 1.807) is 0 Å². The Morgan fingerprint density at radius 3 is 2.16 bits per heavy atom. The normalized spacial score (nSPS) is 12.6. The molecule has 1 aromatic rings. The molecule has 0 aromatic carbocycles. The van der Waals surface area contributed by atoms with Crippen LogP contribution in [0.4, 0.5) is 26.3 Å². The number of rotatable bonds is 3. The first-order valence-corrected chi connectivity index (χ1v) is 5.14. The smallest absolute Gasteiger partial charge is 0.405 e. The Morgan fingerprint density at radius 2 is 1.79 bits per heavy atom. The van der Waals surface area contributed by atoms with Crippen molar-refractivity contribution >= 4 is 11.6 Å². The molecule has 1 N–H and O–H groups in total. The SMILES string of the molecule is OCc1c(C(F)(F)F)ncc(CCl)c1OC(F)(F)F. The summed E-state index contributed by atoms with van der Waals surface area (Å²) in [4.78, 5) is 2.97. The number of halogens is 7. The van der Waals surface area contributed by atoms with Crippen molar-refractivity contribution in [2.75, 3.05) is 0 Å². The first kappa shape index (κ1) is 15.8. The highest BCUT2D eigenvalue weighted by Gasteiger charge is 2.40. The molecular formula is C9H6ClF6NO2. The van der Waals surface area contributed by atoms with Crippen LogP contribution in [0.3, 0.4) is 0 Å². The molecule has 0 aliphatic rings. The van der Waals surface area contributed by atoms with Gasteiger partial charge in [0.2, 0.25) is 0 Å². The molecule has 0 atom stereocenters. The fraction of sp³-hybridized carbons (Fsp3) is 0.444. The Morgan fingerprint density at radius 1 is 1.21 bits per heavy atom. The largest absolute Gasteiger partial charge is 0.573 e. The number of pyridine rings is 1. The number of aromatic nitrogens is 1. The van der Waals surface area contributed by atoms with Crippen molar-refractivity contribution in [2.24, 2.45) is 0 Å². The third-order valence-electron chi connectivity index (χ3n) is 1.99. The summed E-state index contributed by atoms with van der Waals surface area (Å²) in [7, 11) is 0. The Hall–Kier alpha value is -1.22. The van der Waals surface area contributed by atoms with Crippen LogP contribution >= 0.6 is 11.6 Å². The molecule has 0 saturated carbocycles. The molecule has 0 unspecified atom stereocenters. The maximum atomic E-state index is 12.5. The predicted octanol–water partition coefficient (Wildman–Crippen LogP) is 3.23. The third kappa shape index (κ3) is 3.87. The van der Waals surface area contributed by atoms with Crippen molar-refractivity contribution in [1.82, 2.24) is 4.98 Å².